The second kappa shape index (κ2) is 8.13. The zero-order chi connectivity index (χ0) is 14.3. The average molecular weight is 289 g/mol. The van der Waals surface area contributed by atoms with Crippen molar-refractivity contribution < 1.29 is 19.7 Å². The summed E-state index contributed by atoms with van der Waals surface area (Å²) in [4.78, 5) is 10.6. The Morgan fingerprint density at radius 3 is 2.84 bits per heavy atom. The number of nitrogens with zero attached hydrogens (tertiary/aromatic N) is 3. The van der Waals surface area contributed by atoms with Gasteiger partial charge in [-0.05, 0) is 13.3 Å². The number of aliphatic carboxylic acids is 1. The van der Waals surface area contributed by atoms with Crippen LogP contribution in [0.3, 0.4) is 0 Å². The van der Waals surface area contributed by atoms with Gasteiger partial charge in [0.2, 0.25) is 0 Å². The first-order chi connectivity index (χ1) is 9.04. The van der Waals surface area contributed by atoms with Gasteiger partial charge in [0.15, 0.2) is 5.16 Å². The molecule has 2 N–H and O–H groups in total. The number of aliphatic hydroxyl groups excluding tert-OH is 1. The zero-order valence-corrected chi connectivity index (χ0v) is 11.9. The van der Waals surface area contributed by atoms with Crippen LogP contribution >= 0.6 is 11.8 Å². The first-order valence-corrected chi connectivity index (χ1v) is 6.96. The first kappa shape index (κ1) is 15.9. The molecule has 0 bridgehead atoms. The number of aliphatic hydroxyl groups is 1. The number of hydrogen-bond acceptors (Lipinski definition) is 6. The topological polar surface area (TPSA) is 97.5 Å². The molecule has 8 heteroatoms. The van der Waals surface area contributed by atoms with Crippen LogP contribution in [0.4, 0.5) is 0 Å². The molecule has 1 unspecified atom stereocenters. The highest BCUT2D eigenvalue weighted by molar-refractivity contribution is 7.99. The van der Waals surface area contributed by atoms with Crippen LogP contribution in [0, 0.1) is 0 Å². The molecular formula is C11H19N3O4S. The monoisotopic (exact) mass is 289 g/mol. The Hall–Kier alpha value is -1.12. The first-order valence-electron chi connectivity index (χ1n) is 5.98. The van der Waals surface area contributed by atoms with Crippen molar-refractivity contribution in [1.82, 2.24) is 14.8 Å². The van der Waals surface area contributed by atoms with E-state index in [1.807, 2.05) is 4.57 Å². The van der Waals surface area contributed by atoms with Crippen LogP contribution in [0.25, 0.3) is 0 Å². The van der Waals surface area contributed by atoms with Crippen molar-refractivity contribution in [1.29, 1.82) is 0 Å². The maximum absolute atomic E-state index is 10.6. The number of rotatable bonds is 9. The maximum atomic E-state index is 10.6. The van der Waals surface area contributed by atoms with Gasteiger partial charge < -0.3 is 19.5 Å². The van der Waals surface area contributed by atoms with Gasteiger partial charge in [0, 0.05) is 20.1 Å². The van der Waals surface area contributed by atoms with Crippen LogP contribution in [-0.2, 0) is 22.5 Å². The third kappa shape index (κ3) is 5.58. The number of carboxylic acid groups (broad SMARTS) is 1. The van der Waals surface area contributed by atoms with Crippen molar-refractivity contribution in [3.63, 3.8) is 0 Å². The number of aryl methyl sites for hydroxylation is 1. The van der Waals surface area contributed by atoms with Crippen molar-refractivity contribution in [3.05, 3.63) is 5.82 Å². The van der Waals surface area contributed by atoms with E-state index in [4.69, 9.17) is 9.84 Å². The lowest BCUT2D eigenvalue weighted by molar-refractivity contribution is -0.133. The molecule has 108 valence electrons. The quantitative estimate of drug-likeness (QED) is 0.635. The lowest BCUT2D eigenvalue weighted by atomic mass is 10.2. The fraction of sp³-hybridized carbons (Fsp3) is 0.727. The largest absolute Gasteiger partial charge is 0.481 e. The lowest BCUT2D eigenvalue weighted by Crippen LogP contribution is -2.12. The van der Waals surface area contributed by atoms with Gasteiger partial charge in [-0.2, -0.15) is 0 Å². The van der Waals surface area contributed by atoms with Crippen molar-refractivity contribution in [3.8, 4) is 0 Å². The molecule has 1 aromatic heterocycles. The predicted octanol–water partition coefficient (Wildman–Crippen LogP) is 0.415. The highest BCUT2D eigenvalue weighted by atomic mass is 32.2. The van der Waals surface area contributed by atoms with Gasteiger partial charge >= 0.3 is 5.97 Å². The van der Waals surface area contributed by atoms with Crippen LogP contribution in [0.2, 0.25) is 0 Å². The minimum atomic E-state index is -0.892. The van der Waals surface area contributed by atoms with Gasteiger partial charge in [-0.1, -0.05) is 11.8 Å². The van der Waals surface area contributed by atoms with Crippen LogP contribution in [0.1, 0.15) is 19.2 Å². The molecule has 0 fully saturated rings. The minimum Gasteiger partial charge on any atom is -0.481 e. The second-order valence-electron chi connectivity index (χ2n) is 4.11. The molecule has 0 spiro atoms. The molecule has 0 radical (unpaired) electrons. The van der Waals surface area contributed by atoms with E-state index in [1.165, 1.54) is 0 Å². The molecule has 1 atom stereocenters. The molecule has 0 saturated heterocycles. The van der Waals surface area contributed by atoms with Crippen molar-refractivity contribution in [2.45, 2.75) is 37.6 Å². The Bertz CT molecular complexity index is 409. The molecule has 0 saturated carbocycles. The third-order valence-electron chi connectivity index (χ3n) is 2.42. The molecule has 0 aliphatic heterocycles. The zero-order valence-electron chi connectivity index (χ0n) is 11.1. The average Bonchev–Trinajstić information content (AvgIpc) is 2.73. The molecule has 0 aliphatic rings. The van der Waals surface area contributed by atoms with Crippen molar-refractivity contribution >= 4 is 17.7 Å². The molecule has 1 rings (SSSR count). The van der Waals surface area contributed by atoms with Gasteiger partial charge in [-0.25, -0.2) is 0 Å². The van der Waals surface area contributed by atoms with E-state index in [0.717, 1.165) is 17.6 Å². The molecule has 1 heterocycles. The Labute approximate surface area is 116 Å². The fourth-order valence-corrected chi connectivity index (χ4v) is 2.19. The Kier molecular flexibility index (Phi) is 6.82. The van der Waals surface area contributed by atoms with Gasteiger partial charge in [0.05, 0.1) is 18.5 Å². The summed E-state index contributed by atoms with van der Waals surface area (Å²) in [6.45, 7) is 2.79. The summed E-state index contributed by atoms with van der Waals surface area (Å²) in [6.07, 6.45) is 0.791. The van der Waals surface area contributed by atoms with Gasteiger partial charge in [-0.15, -0.1) is 10.2 Å². The number of thioether (sulfide) groups is 1. The van der Waals surface area contributed by atoms with Gasteiger partial charge in [0.25, 0.3) is 0 Å². The maximum Gasteiger partial charge on any atom is 0.313 e. The summed E-state index contributed by atoms with van der Waals surface area (Å²) in [5, 5.41) is 26.6. The van der Waals surface area contributed by atoms with Crippen molar-refractivity contribution in [2.75, 3.05) is 19.5 Å². The molecule has 0 aliphatic carbocycles. The Balaban J connectivity index is 2.75. The van der Waals surface area contributed by atoms with Crippen LogP contribution in [0.5, 0.6) is 0 Å². The molecular weight excluding hydrogens is 270 g/mol. The number of carbonyl (C=O) groups is 1. The van der Waals surface area contributed by atoms with E-state index in [2.05, 4.69) is 10.2 Å². The number of carboxylic acids is 1. The van der Waals surface area contributed by atoms with Gasteiger partial charge in [-0.3, -0.25) is 4.79 Å². The standard InChI is InChI=1S/C11H19N3O4S/c1-8(15)3-4-9-12-13-11(19-7-10(16)17)14(9)5-6-18-2/h8,15H,3-7H2,1-2H3,(H,16,17). The van der Waals surface area contributed by atoms with E-state index in [-0.39, 0.29) is 5.75 Å². The van der Waals surface area contributed by atoms with Gasteiger partial charge in [0.1, 0.15) is 5.82 Å². The summed E-state index contributed by atoms with van der Waals surface area (Å²) in [5.41, 5.74) is 0. The number of hydrogen-bond donors (Lipinski definition) is 2. The number of methoxy groups -OCH3 is 1. The summed E-state index contributed by atoms with van der Waals surface area (Å²) < 4.78 is 6.87. The molecule has 7 nitrogen and oxygen atoms in total. The van der Waals surface area contributed by atoms with E-state index in [0.29, 0.717) is 31.1 Å². The molecule has 0 amide bonds. The van der Waals surface area contributed by atoms with E-state index >= 15 is 0 Å². The summed E-state index contributed by atoms with van der Waals surface area (Å²) in [6, 6.07) is 0. The number of ether oxygens (including phenoxy) is 1. The fourth-order valence-electron chi connectivity index (χ4n) is 1.48. The lowest BCUT2D eigenvalue weighted by Gasteiger charge is -2.09. The van der Waals surface area contributed by atoms with Crippen LogP contribution < -0.4 is 0 Å². The highest BCUT2D eigenvalue weighted by Gasteiger charge is 2.14. The Morgan fingerprint density at radius 2 is 2.26 bits per heavy atom. The second-order valence-corrected chi connectivity index (χ2v) is 5.06. The Morgan fingerprint density at radius 1 is 1.53 bits per heavy atom. The third-order valence-corrected chi connectivity index (χ3v) is 3.37. The molecule has 0 aromatic carbocycles. The molecule has 19 heavy (non-hydrogen) atoms. The van der Waals surface area contributed by atoms with Crippen molar-refractivity contribution in [2.24, 2.45) is 0 Å². The molecule has 1 aromatic rings. The van der Waals surface area contributed by atoms with E-state index < -0.39 is 12.1 Å². The van der Waals surface area contributed by atoms with Crippen LogP contribution in [0.15, 0.2) is 5.16 Å². The highest BCUT2D eigenvalue weighted by Crippen LogP contribution is 2.18. The van der Waals surface area contributed by atoms with E-state index in [9.17, 15) is 9.90 Å². The normalized spacial score (nSPS) is 12.6. The van der Waals surface area contributed by atoms with E-state index in [1.54, 1.807) is 14.0 Å². The van der Waals surface area contributed by atoms with Crippen LogP contribution in [-0.4, -0.2) is 56.5 Å². The SMILES string of the molecule is COCCn1c(CCC(C)O)nnc1SCC(=O)O. The summed E-state index contributed by atoms with van der Waals surface area (Å²) >= 11 is 1.13. The summed E-state index contributed by atoms with van der Waals surface area (Å²) in [7, 11) is 1.60. The summed E-state index contributed by atoms with van der Waals surface area (Å²) in [5.74, 6) is -0.204. The number of aromatic nitrogens is 3. The predicted molar refractivity (Wildman–Crippen MR) is 70.3 cm³/mol. The minimum absolute atomic E-state index is 0.0540. The smallest absolute Gasteiger partial charge is 0.313 e.